The normalized spacial score (nSPS) is 11.7. The van der Waals surface area contributed by atoms with Gasteiger partial charge in [-0.05, 0) is 36.9 Å². The van der Waals surface area contributed by atoms with Crippen molar-refractivity contribution in [2.24, 2.45) is 5.73 Å². The maximum atomic E-state index is 11.7. The molecule has 1 aromatic carbocycles. The van der Waals surface area contributed by atoms with Gasteiger partial charge in [0, 0.05) is 17.4 Å². The molecule has 0 aliphatic heterocycles. The zero-order valence-electron chi connectivity index (χ0n) is 11.7. The zero-order chi connectivity index (χ0) is 15.0. The van der Waals surface area contributed by atoms with E-state index >= 15 is 0 Å². The molecular formula is C14H20N2O2S2. The van der Waals surface area contributed by atoms with Crippen LogP contribution in [-0.4, -0.2) is 35.1 Å². The molecule has 4 nitrogen and oxygen atoms in total. The first-order valence-electron chi connectivity index (χ1n) is 6.42. The SMILES string of the molecule is CCSCC(C)NC(=O)COc1ccc(C(N)=S)cc1. The molecule has 0 aliphatic rings. The van der Waals surface area contributed by atoms with Crippen LogP contribution in [0.15, 0.2) is 24.3 Å². The molecular weight excluding hydrogens is 292 g/mol. The Hall–Kier alpha value is -1.27. The Labute approximate surface area is 129 Å². The molecule has 110 valence electrons. The van der Waals surface area contributed by atoms with Gasteiger partial charge in [0.25, 0.3) is 5.91 Å². The minimum atomic E-state index is -0.118. The number of hydrogen-bond acceptors (Lipinski definition) is 4. The van der Waals surface area contributed by atoms with Crippen molar-refractivity contribution in [2.45, 2.75) is 19.9 Å². The van der Waals surface area contributed by atoms with Gasteiger partial charge in [-0.2, -0.15) is 11.8 Å². The molecule has 1 unspecified atom stereocenters. The van der Waals surface area contributed by atoms with Crippen molar-refractivity contribution >= 4 is 34.9 Å². The van der Waals surface area contributed by atoms with E-state index in [4.69, 9.17) is 22.7 Å². The Kier molecular flexibility index (Phi) is 7.40. The number of thioether (sulfide) groups is 1. The molecule has 3 N–H and O–H groups in total. The lowest BCUT2D eigenvalue weighted by molar-refractivity contribution is -0.123. The lowest BCUT2D eigenvalue weighted by Gasteiger charge is -2.13. The average molecular weight is 312 g/mol. The van der Waals surface area contributed by atoms with Crippen molar-refractivity contribution < 1.29 is 9.53 Å². The Morgan fingerprint density at radius 3 is 2.65 bits per heavy atom. The van der Waals surface area contributed by atoms with Crippen LogP contribution in [0.5, 0.6) is 5.75 Å². The number of carbonyl (C=O) groups is 1. The van der Waals surface area contributed by atoms with Gasteiger partial charge in [-0.1, -0.05) is 19.1 Å². The summed E-state index contributed by atoms with van der Waals surface area (Å²) in [6, 6.07) is 7.19. The predicted molar refractivity (Wildman–Crippen MR) is 88.4 cm³/mol. The minimum Gasteiger partial charge on any atom is -0.484 e. The maximum Gasteiger partial charge on any atom is 0.258 e. The molecule has 0 bridgehead atoms. The molecule has 20 heavy (non-hydrogen) atoms. The van der Waals surface area contributed by atoms with Gasteiger partial charge < -0.3 is 15.8 Å². The number of hydrogen-bond donors (Lipinski definition) is 2. The van der Waals surface area contributed by atoms with Gasteiger partial charge in [0.15, 0.2) is 6.61 Å². The number of nitrogens with one attached hydrogen (secondary N) is 1. The van der Waals surface area contributed by atoms with E-state index in [-0.39, 0.29) is 18.6 Å². The van der Waals surface area contributed by atoms with Crippen molar-refractivity contribution in [3.63, 3.8) is 0 Å². The number of nitrogens with two attached hydrogens (primary N) is 1. The van der Waals surface area contributed by atoms with Gasteiger partial charge in [-0.3, -0.25) is 4.79 Å². The molecule has 1 rings (SSSR count). The summed E-state index contributed by atoms with van der Waals surface area (Å²) in [4.78, 5) is 12.0. The smallest absolute Gasteiger partial charge is 0.258 e. The van der Waals surface area contributed by atoms with E-state index in [2.05, 4.69) is 12.2 Å². The van der Waals surface area contributed by atoms with E-state index in [0.717, 1.165) is 17.1 Å². The largest absolute Gasteiger partial charge is 0.484 e. The maximum absolute atomic E-state index is 11.7. The van der Waals surface area contributed by atoms with Gasteiger partial charge in [0.1, 0.15) is 10.7 Å². The summed E-state index contributed by atoms with van der Waals surface area (Å²) in [5.74, 6) is 2.46. The summed E-state index contributed by atoms with van der Waals surface area (Å²) in [6.45, 7) is 4.09. The molecule has 0 radical (unpaired) electrons. The first-order valence-corrected chi connectivity index (χ1v) is 7.99. The average Bonchev–Trinajstić information content (AvgIpc) is 2.43. The number of thiocarbonyl (C=S) groups is 1. The number of ether oxygens (including phenoxy) is 1. The lowest BCUT2D eigenvalue weighted by atomic mass is 10.2. The minimum absolute atomic E-state index is 0.00749. The Morgan fingerprint density at radius 1 is 1.45 bits per heavy atom. The molecule has 1 atom stereocenters. The van der Waals surface area contributed by atoms with Crippen LogP contribution in [0.25, 0.3) is 0 Å². The number of carbonyl (C=O) groups excluding carboxylic acids is 1. The summed E-state index contributed by atoms with van der Waals surface area (Å²) < 4.78 is 5.40. The lowest BCUT2D eigenvalue weighted by Crippen LogP contribution is -2.37. The molecule has 6 heteroatoms. The van der Waals surface area contributed by atoms with Gasteiger partial charge >= 0.3 is 0 Å². The quantitative estimate of drug-likeness (QED) is 0.718. The van der Waals surface area contributed by atoms with Gasteiger partial charge in [0.05, 0.1) is 0 Å². The van der Waals surface area contributed by atoms with Crippen LogP contribution in [0.4, 0.5) is 0 Å². The highest BCUT2D eigenvalue weighted by atomic mass is 32.2. The second kappa shape index (κ2) is 8.81. The highest BCUT2D eigenvalue weighted by Gasteiger charge is 2.08. The summed E-state index contributed by atoms with van der Waals surface area (Å²) in [5, 5.41) is 2.89. The molecule has 1 aromatic rings. The third-order valence-electron chi connectivity index (χ3n) is 2.49. The highest BCUT2D eigenvalue weighted by Crippen LogP contribution is 2.12. The van der Waals surface area contributed by atoms with Crippen molar-refractivity contribution in [1.82, 2.24) is 5.32 Å². The zero-order valence-corrected chi connectivity index (χ0v) is 13.4. The van der Waals surface area contributed by atoms with E-state index in [1.165, 1.54) is 0 Å². The van der Waals surface area contributed by atoms with E-state index < -0.39 is 0 Å². The van der Waals surface area contributed by atoms with Crippen LogP contribution >= 0.6 is 24.0 Å². The van der Waals surface area contributed by atoms with E-state index in [9.17, 15) is 4.79 Å². The van der Waals surface area contributed by atoms with Crippen LogP contribution in [0.1, 0.15) is 19.4 Å². The van der Waals surface area contributed by atoms with Crippen molar-refractivity contribution in [3.8, 4) is 5.75 Å². The molecule has 0 fully saturated rings. The van der Waals surface area contributed by atoms with Crippen LogP contribution < -0.4 is 15.8 Å². The van der Waals surface area contributed by atoms with E-state index in [0.29, 0.717) is 10.7 Å². The van der Waals surface area contributed by atoms with Gasteiger partial charge in [-0.15, -0.1) is 0 Å². The Balaban J connectivity index is 2.35. The van der Waals surface area contributed by atoms with Crippen LogP contribution in [-0.2, 0) is 4.79 Å². The van der Waals surface area contributed by atoms with Crippen molar-refractivity contribution in [2.75, 3.05) is 18.1 Å². The first-order chi connectivity index (χ1) is 9.52. The number of rotatable bonds is 8. The second-order valence-corrected chi connectivity index (χ2v) is 6.06. The molecule has 0 heterocycles. The number of amides is 1. The third-order valence-corrected chi connectivity index (χ3v) is 3.87. The van der Waals surface area contributed by atoms with Crippen LogP contribution in [0.3, 0.4) is 0 Å². The summed E-state index contributed by atoms with van der Waals surface area (Å²) in [5.41, 5.74) is 6.28. The van der Waals surface area contributed by atoms with Gasteiger partial charge in [-0.25, -0.2) is 0 Å². The predicted octanol–water partition coefficient (Wildman–Crippen LogP) is 1.96. The summed E-state index contributed by atoms with van der Waals surface area (Å²) in [6.07, 6.45) is 0. The fraction of sp³-hybridized carbons (Fsp3) is 0.429. The Bertz CT molecular complexity index is 449. The molecule has 0 spiro atoms. The standard InChI is InChI=1S/C14H20N2O2S2/c1-3-20-9-10(2)16-13(17)8-18-12-6-4-11(5-7-12)14(15)19/h4-7,10H,3,8-9H2,1-2H3,(H2,15,19)(H,16,17). The monoisotopic (exact) mass is 312 g/mol. The third kappa shape index (κ3) is 6.25. The fourth-order valence-electron chi connectivity index (χ4n) is 1.52. The number of benzene rings is 1. The highest BCUT2D eigenvalue weighted by molar-refractivity contribution is 7.99. The molecule has 0 saturated carbocycles. The van der Waals surface area contributed by atoms with Crippen molar-refractivity contribution in [1.29, 1.82) is 0 Å². The van der Waals surface area contributed by atoms with E-state index in [1.54, 1.807) is 36.0 Å². The molecule has 0 aliphatic carbocycles. The summed E-state index contributed by atoms with van der Waals surface area (Å²) in [7, 11) is 0. The van der Waals surface area contributed by atoms with Crippen LogP contribution in [0.2, 0.25) is 0 Å². The molecule has 0 aromatic heterocycles. The summed E-state index contributed by atoms with van der Waals surface area (Å²) >= 11 is 6.66. The van der Waals surface area contributed by atoms with Crippen molar-refractivity contribution in [3.05, 3.63) is 29.8 Å². The second-order valence-electron chi connectivity index (χ2n) is 4.31. The van der Waals surface area contributed by atoms with E-state index in [1.807, 2.05) is 6.92 Å². The van der Waals surface area contributed by atoms with Gasteiger partial charge in [0.2, 0.25) is 0 Å². The molecule has 1 amide bonds. The Morgan fingerprint density at radius 2 is 2.10 bits per heavy atom. The fourth-order valence-corrected chi connectivity index (χ4v) is 2.33. The topological polar surface area (TPSA) is 64.3 Å². The van der Waals surface area contributed by atoms with Crippen LogP contribution in [0, 0.1) is 0 Å². The molecule has 0 saturated heterocycles. The first kappa shape index (κ1) is 16.8.